The minimum atomic E-state index is -0.394. The first-order chi connectivity index (χ1) is 9.08. The predicted molar refractivity (Wildman–Crippen MR) is 73.3 cm³/mol. The molecule has 1 aromatic heterocycles. The van der Waals surface area contributed by atoms with E-state index in [1.165, 1.54) is 0 Å². The fourth-order valence-corrected chi connectivity index (χ4v) is 2.52. The average Bonchev–Trinajstić information content (AvgIpc) is 2.81. The van der Waals surface area contributed by atoms with Crippen LogP contribution in [0.25, 0.3) is 6.08 Å². The van der Waals surface area contributed by atoms with Crippen molar-refractivity contribution in [2.24, 2.45) is 7.05 Å². The molecule has 2 rings (SSSR count). The molecule has 2 unspecified atom stereocenters. The Morgan fingerprint density at radius 3 is 2.89 bits per heavy atom. The molecule has 104 valence electrons. The molecule has 1 aliphatic rings. The number of carbonyl (C=O) groups is 1. The molecule has 5 nitrogen and oxygen atoms in total. The largest absolute Gasteiger partial charge is 0.391 e. The number of amides is 1. The van der Waals surface area contributed by atoms with Crippen LogP contribution in [0.1, 0.15) is 31.2 Å². The van der Waals surface area contributed by atoms with Crippen LogP contribution in [0.4, 0.5) is 0 Å². The molecule has 19 heavy (non-hydrogen) atoms. The molecule has 1 aliphatic carbocycles. The summed E-state index contributed by atoms with van der Waals surface area (Å²) in [5.41, 5.74) is 0.897. The Balaban J connectivity index is 1.97. The van der Waals surface area contributed by atoms with Crippen LogP contribution in [0.15, 0.2) is 18.5 Å². The zero-order chi connectivity index (χ0) is 13.8. The van der Waals surface area contributed by atoms with Gasteiger partial charge >= 0.3 is 0 Å². The summed E-state index contributed by atoms with van der Waals surface area (Å²) in [6.07, 6.45) is 10.2. The van der Waals surface area contributed by atoms with Gasteiger partial charge in [-0.05, 0) is 18.9 Å². The molecule has 1 amide bonds. The lowest BCUT2D eigenvalue weighted by Crippen LogP contribution is -2.45. The van der Waals surface area contributed by atoms with Crippen molar-refractivity contribution in [3.63, 3.8) is 0 Å². The van der Waals surface area contributed by atoms with Crippen LogP contribution in [0.2, 0.25) is 0 Å². The molecule has 1 aromatic rings. The Morgan fingerprint density at radius 1 is 1.53 bits per heavy atom. The molecule has 0 spiro atoms. The van der Waals surface area contributed by atoms with Gasteiger partial charge in [0, 0.05) is 31.9 Å². The van der Waals surface area contributed by atoms with E-state index in [2.05, 4.69) is 5.10 Å². The smallest absolute Gasteiger partial charge is 0.246 e. The van der Waals surface area contributed by atoms with Gasteiger partial charge in [0.25, 0.3) is 0 Å². The summed E-state index contributed by atoms with van der Waals surface area (Å²) < 4.78 is 1.69. The third-order valence-corrected chi connectivity index (χ3v) is 3.68. The number of aromatic nitrogens is 2. The quantitative estimate of drug-likeness (QED) is 0.834. The lowest BCUT2D eigenvalue weighted by molar-refractivity contribution is -0.130. The maximum Gasteiger partial charge on any atom is 0.246 e. The van der Waals surface area contributed by atoms with Crippen molar-refractivity contribution >= 4 is 12.0 Å². The van der Waals surface area contributed by atoms with Crippen LogP contribution in [-0.4, -0.2) is 44.9 Å². The van der Waals surface area contributed by atoms with E-state index in [-0.39, 0.29) is 11.9 Å². The highest BCUT2D eigenvalue weighted by atomic mass is 16.3. The molecule has 0 aromatic carbocycles. The van der Waals surface area contributed by atoms with Gasteiger partial charge in [-0.25, -0.2) is 0 Å². The number of hydrogen-bond acceptors (Lipinski definition) is 3. The van der Waals surface area contributed by atoms with Gasteiger partial charge in [-0.3, -0.25) is 9.48 Å². The minimum Gasteiger partial charge on any atom is -0.391 e. The number of nitrogens with zero attached hydrogens (tertiary/aromatic N) is 3. The number of carbonyl (C=O) groups excluding carboxylic acids is 1. The highest BCUT2D eigenvalue weighted by molar-refractivity contribution is 5.91. The van der Waals surface area contributed by atoms with E-state index >= 15 is 0 Å². The van der Waals surface area contributed by atoms with Gasteiger partial charge in [-0.1, -0.05) is 12.8 Å². The molecule has 0 aliphatic heterocycles. The van der Waals surface area contributed by atoms with Crippen LogP contribution in [-0.2, 0) is 11.8 Å². The summed E-state index contributed by atoms with van der Waals surface area (Å²) in [5, 5.41) is 14.0. The van der Waals surface area contributed by atoms with Crippen molar-refractivity contribution in [2.75, 3.05) is 7.05 Å². The molecule has 0 radical (unpaired) electrons. The summed E-state index contributed by atoms with van der Waals surface area (Å²) in [5.74, 6) is -0.0743. The molecule has 2 atom stereocenters. The normalized spacial score (nSPS) is 23.7. The minimum absolute atomic E-state index is 0.0557. The van der Waals surface area contributed by atoms with E-state index in [4.69, 9.17) is 0 Å². The van der Waals surface area contributed by atoms with Gasteiger partial charge in [0.05, 0.1) is 18.3 Å². The van der Waals surface area contributed by atoms with Crippen LogP contribution < -0.4 is 0 Å². The van der Waals surface area contributed by atoms with E-state index in [1.54, 1.807) is 35.0 Å². The first kappa shape index (κ1) is 13.8. The lowest BCUT2D eigenvalue weighted by atomic mass is 9.91. The van der Waals surface area contributed by atoms with Crippen LogP contribution in [0.3, 0.4) is 0 Å². The standard InChI is InChI=1S/C14H21N3O2/c1-16-10-11(9-15-16)7-8-14(19)17(2)12-5-3-4-6-13(12)18/h7-10,12-13,18H,3-6H2,1-2H3/b8-7+. The Kier molecular flexibility index (Phi) is 4.37. The number of aliphatic hydroxyl groups excluding tert-OH is 1. The fraction of sp³-hybridized carbons (Fsp3) is 0.571. The van der Waals surface area contributed by atoms with Gasteiger partial charge < -0.3 is 10.0 Å². The molecule has 5 heteroatoms. The molecule has 1 saturated carbocycles. The van der Waals surface area contributed by atoms with Gasteiger partial charge in [-0.15, -0.1) is 0 Å². The fourth-order valence-electron chi connectivity index (χ4n) is 2.52. The third-order valence-electron chi connectivity index (χ3n) is 3.68. The summed E-state index contributed by atoms with van der Waals surface area (Å²) in [7, 11) is 3.60. The SMILES string of the molecule is CN(C(=O)/C=C/c1cnn(C)c1)C1CCCCC1O. The topological polar surface area (TPSA) is 58.4 Å². The second-order valence-corrected chi connectivity index (χ2v) is 5.15. The van der Waals surface area contributed by atoms with E-state index < -0.39 is 6.10 Å². The van der Waals surface area contributed by atoms with Crippen LogP contribution in [0.5, 0.6) is 0 Å². The zero-order valence-corrected chi connectivity index (χ0v) is 11.5. The monoisotopic (exact) mass is 263 g/mol. The predicted octanol–water partition coefficient (Wildman–Crippen LogP) is 1.20. The number of hydrogen-bond donors (Lipinski definition) is 1. The first-order valence-electron chi connectivity index (χ1n) is 6.69. The van der Waals surface area contributed by atoms with Gasteiger partial charge in [-0.2, -0.15) is 5.10 Å². The van der Waals surface area contributed by atoms with E-state index in [0.717, 1.165) is 31.2 Å². The first-order valence-corrected chi connectivity index (χ1v) is 6.69. The van der Waals surface area contributed by atoms with Gasteiger partial charge in [0.2, 0.25) is 5.91 Å². The van der Waals surface area contributed by atoms with Crippen molar-refractivity contribution in [1.29, 1.82) is 0 Å². The summed E-state index contributed by atoms with van der Waals surface area (Å²) in [6.45, 7) is 0. The summed E-state index contributed by atoms with van der Waals surface area (Å²) in [4.78, 5) is 13.7. The van der Waals surface area contributed by atoms with Crippen molar-refractivity contribution in [2.45, 2.75) is 37.8 Å². The second kappa shape index (κ2) is 6.02. The van der Waals surface area contributed by atoms with Crippen molar-refractivity contribution < 1.29 is 9.90 Å². The zero-order valence-electron chi connectivity index (χ0n) is 11.5. The van der Waals surface area contributed by atoms with Gasteiger partial charge in [0.1, 0.15) is 0 Å². The highest BCUT2D eigenvalue weighted by Crippen LogP contribution is 2.22. The Labute approximate surface area is 113 Å². The Bertz CT molecular complexity index is 467. The average molecular weight is 263 g/mol. The molecular weight excluding hydrogens is 242 g/mol. The van der Waals surface area contributed by atoms with E-state index in [9.17, 15) is 9.90 Å². The number of rotatable bonds is 3. The van der Waals surface area contributed by atoms with E-state index in [0.29, 0.717) is 0 Å². The molecular formula is C14H21N3O2. The third kappa shape index (κ3) is 3.44. The molecule has 1 N–H and O–H groups in total. The lowest BCUT2D eigenvalue weighted by Gasteiger charge is -2.34. The van der Waals surface area contributed by atoms with E-state index in [1.807, 2.05) is 13.2 Å². The molecule has 1 fully saturated rings. The second-order valence-electron chi connectivity index (χ2n) is 5.15. The van der Waals surface area contributed by atoms with Crippen molar-refractivity contribution in [3.8, 4) is 0 Å². The van der Waals surface area contributed by atoms with Crippen LogP contribution >= 0.6 is 0 Å². The van der Waals surface area contributed by atoms with Crippen molar-refractivity contribution in [3.05, 3.63) is 24.0 Å². The summed E-state index contributed by atoms with van der Waals surface area (Å²) >= 11 is 0. The maximum absolute atomic E-state index is 12.1. The number of aryl methyl sites for hydroxylation is 1. The van der Waals surface area contributed by atoms with Gasteiger partial charge in [0.15, 0.2) is 0 Å². The maximum atomic E-state index is 12.1. The van der Waals surface area contributed by atoms with Crippen LogP contribution in [0, 0.1) is 0 Å². The van der Waals surface area contributed by atoms with Crippen molar-refractivity contribution in [1.82, 2.24) is 14.7 Å². The summed E-state index contributed by atoms with van der Waals surface area (Å²) in [6, 6.07) is -0.0557. The Hall–Kier alpha value is -1.62. The highest BCUT2D eigenvalue weighted by Gasteiger charge is 2.28. The molecule has 0 saturated heterocycles. The molecule has 0 bridgehead atoms. The number of aliphatic hydroxyl groups is 1. The molecule has 1 heterocycles. The number of likely N-dealkylation sites (N-methyl/N-ethyl adjacent to an activating group) is 1. The Morgan fingerprint density at radius 2 is 2.26 bits per heavy atom.